The van der Waals surface area contributed by atoms with Crippen LogP contribution in [0.1, 0.15) is 37.5 Å². The number of hydrogen-bond acceptors (Lipinski definition) is 3. The Morgan fingerprint density at radius 2 is 2.24 bits per heavy atom. The molecule has 1 N–H and O–H groups in total. The topological polar surface area (TPSA) is 45.8 Å². The Hall–Kier alpha value is -0.680. The minimum absolute atomic E-state index is 0.0575. The molecule has 0 spiro atoms. The zero-order valence-corrected chi connectivity index (χ0v) is 12.2. The highest BCUT2D eigenvalue weighted by molar-refractivity contribution is 9.10. The predicted molar refractivity (Wildman–Crippen MR) is 75.8 cm³/mol. The molecule has 92 valence electrons. The van der Waals surface area contributed by atoms with E-state index in [4.69, 9.17) is 0 Å². The number of H-pyrrole nitrogens is 1. The quantitative estimate of drug-likeness (QED) is 0.851. The fraction of sp³-hybridized carbons (Fsp3) is 0.500. The van der Waals surface area contributed by atoms with Crippen LogP contribution in [0.2, 0.25) is 0 Å². The van der Waals surface area contributed by atoms with E-state index in [0.29, 0.717) is 5.39 Å². The lowest BCUT2D eigenvalue weighted by molar-refractivity contribution is 0.669. The van der Waals surface area contributed by atoms with Gasteiger partial charge in [-0.05, 0) is 28.8 Å². The summed E-state index contributed by atoms with van der Waals surface area (Å²) in [6.45, 7) is 2.21. The molecular formula is C12H15BrN2OS. The van der Waals surface area contributed by atoms with Gasteiger partial charge in [-0.1, -0.05) is 26.2 Å². The summed E-state index contributed by atoms with van der Waals surface area (Å²) in [6.07, 6.45) is 7.45. The largest absolute Gasteiger partial charge is 0.313 e. The first-order valence-corrected chi connectivity index (χ1v) is 7.49. The van der Waals surface area contributed by atoms with Crippen LogP contribution < -0.4 is 5.56 Å². The smallest absolute Gasteiger partial charge is 0.260 e. The molecule has 0 fully saturated rings. The van der Waals surface area contributed by atoms with E-state index >= 15 is 0 Å². The maximum atomic E-state index is 11.7. The zero-order chi connectivity index (χ0) is 12.3. The van der Waals surface area contributed by atoms with E-state index < -0.39 is 0 Å². The third-order valence-electron chi connectivity index (χ3n) is 2.76. The van der Waals surface area contributed by atoms with Crippen LogP contribution in [0.5, 0.6) is 0 Å². The molecule has 0 bridgehead atoms. The van der Waals surface area contributed by atoms with Gasteiger partial charge in [0.25, 0.3) is 5.56 Å². The van der Waals surface area contributed by atoms with Crippen LogP contribution in [0.15, 0.2) is 15.6 Å². The van der Waals surface area contributed by atoms with E-state index in [1.54, 1.807) is 11.3 Å². The maximum Gasteiger partial charge on any atom is 0.260 e. The molecule has 2 heterocycles. The third-order valence-corrected chi connectivity index (χ3v) is 5.06. The van der Waals surface area contributed by atoms with Gasteiger partial charge < -0.3 is 4.98 Å². The molecule has 2 rings (SSSR count). The molecular weight excluding hydrogens is 300 g/mol. The normalized spacial score (nSPS) is 11.2. The summed E-state index contributed by atoms with van der Waals surface area (Å²) >= 11 is 5.14. The van der Waals surface area contributed by atoms with Crippen LogP contribution in [-0.2, 0) is 6.42 Å². The van der Waals surface area contributed by atoms with Crippen LogP contribution in [0.3, 0.4) is 0 Å². The predicted octanol–water partition coefficient (Wildman–Crippen LogP) is 3.87. The van der Waals surface area contributed by atoms with E-state index in [1.165, 1.54) is 36.9 Å². The van der Waals surface area contributed by atoms with Gasteiger partial charge in [0.1, 0.15) is 4.83 Å². The molecule has 0 saturated heterocycles. The maximum absolute atomic E-state index is 11.7. The Morgan fingerprint density at radius 1 is 1.41 bits per heavy atom. The first-order valence-electron chi connectivity index (χ1n) is 5.88. The molecule has 0 aromatic carbocycles. The van der Waals surface area contributed by atoms with Gasteiger partial charge in [-0.25, -0.2) is 4.98 Å². The molecule has 0 aliphatic carbocycles. The van der Waals surface area contributed by atoms with Crippen molar-refractivity contribution in [3.8, 4) is 0 Å². The second kappa shape index (κ2) is 5.78. The fourth-order valence-corrected chi connectivity index (χ4v) is 3.84. The molecule has 0 amide bonds. The van der Waals surface area contributed by atoms with Crippen LogP contribution >= 0.6 is 27.3 Å². The molecule has 0 radical (unpaired) electrons. The first kappa shape index (κ1) is 12.8. The summed E-state index contributed by atoms with van der Waals surface area (Å²) in [7, 11) is 0. The number of hydrogen-bond donors (Lipinski definition) is 1. The van der Waals surface area contributed by atoms with Crippen molar-refractivity contribution in [3.05, 3.63) is 26.0 Å². The minimum atomic E-state index is -0.0575. The highest BCUT2D eigenvalue weighted by Crippen LogP contribution is 2.33. The van der Waals surface area contributed by atoms with E-state index in [0.717, 1.165) is 15.7 Å². The van der Waals surface area contributed by atoms with Crippen LogP contribution in [0.4, 0.5) is 0 Å². The molecule has 0 aliphatic rings. The molecule has 5 heteroatoms. The van der Waals surface area contributed by atoms with Crippen LogP contribution in [0, 0.1) is 0 Å². The fourth-order valence-electron chi connectivity index (χ4n) is 1.83. The second-order valence-electron chi connectivity index (χ2n) is 4.06. The molecule has 2 aromatic rings. The summed E-state index contributed by atoms with van der Waals surface area (Å²) in [4.78, 5) is 20.5. The summed E-state index contributed by atoms with van der Waals surface area (Å²) in [6, 6.07) is 0. The van der Waals surface area contributed by atoms with Crippen LogP contribution in [0.25, 0.3) is 10.2 Å². The van der Waals surface area contributed by atoms with Crippen molar-refractivity contribution in [1.29, 1.82) is 0 Å². The van der Waals surface area contributed by atoms with Crippen molar-refractivity contribution in [3.63, 3.8) is 0 Å². The van der Waals surface area contributed by atoms with Gasteiger partial charge in [0.05, 0.1) is 11.7 Å². The Bertz CT molecular complexity index is 561. The molecule has 17 heavy (non-hydrogen) atoms. The van der Waals surface area contributed by atoms with Gasteiger partial charge >= 0.3 is 0 Å². The van der Waals surface area contributed by atoms with Crippen LogP contribution in [-0.4, -0.2) is 9.97 Å². The van der Waals surface area contributed by atoms with Gasteiger partial charge in [0.2, 0.25) is 0 Å². The average Bonchev–Trinajstić information content (AvgIpc) is 2.63. The summed E-state index contributed by atoms with van der Waals surface area (Å²) in [5, 5.41) is 0.697. The SMILES string of the molecule is CCCCCCc1sc2nc[nH]c(=O)c2c1Br. The van der Waals surface area contributed by atoms with E-state index in [2.05, 4.69) is 32.8 Å². The average molecular weight is 315 g/mol. The number of halogens is 1. The molecule has 3 nitrogen and oxygen atoms in total. The van der Waals surface area contributed by atoms with Crippen molar-refractivity contribution in [2.45, 2.75) is 39.0 Å². The number of aromatic amines is 1. The standard InChI is InChI=1S/C12H15BrN2OS/c1-2-3-4-5-6-8-10(13)9-11(16)14-7-15-12(9)17-8/h7H,2-6H2,1H3,(H,14,15,16). The highest BCUT2D eigenvalue weighted by atomic mass is 79.9. The Labute approximate surface area is 112 Å². The number of aromatic nitrogens is 2. The molecule has 2 aromatic heterocycles. The van der Waals surface area contributed by atoms with Gasteiger partial charge in [0.15, 0.2) is 0 Å². The zero-order valence-electron chi connectivity index (χ0n) is 9.75. The number of aryl methyl sites for hydroxylation is 1. The number of fused-ring (bicyclic) bond motifs is 1. The minimum Gasteiger partial charge on any atom is -0.313 e. The molecule has 0 unspecified atom stereocenters. The van der Waals surface area contributed by atoms with Crippen molar-refractivity contribution in [2.24, 2.45) is 0 Å². The van der Waals surface area contributed by atoms with E-state index in [-0.39, 0.29) is 5.56 Å². The number of nitrogens with one attached hydrogen (secondary N) is 1. The van der Waals surface area contributed by atoms with E-state index in [9.17, 15) is 4.79 Å². The van der Waals surface area contributed by atoms with Crippen molar-refractivity contribution < 1.29 is 0 Å². The second-order valence-corrected chi connectivity index (χ2v) is 5.94. The van der Waals surface area contributed by atoms with Gasteiger partial charge in [-0.15, -0.1) is 11.3 Å². The summed E-state index contributed by atoms with van der Waals surface area (Å²) in [5.41, 5.74) is -0.0575. The van der Waals surface area contributed by atoms with Crippen molar-refractivity contribution in [1.82, 2.24) is 9.97 Å². The number of rotatable bonds is 5. The Balaban J connectivity index is 2.21. The third kappa shape index (κ3) is 2.77. The Kier molecular flexibility index (Phi) is 4.34. The lowest BCUT2D eigenvalue weighted by atomic mass is 10.1. The van der Waals surface area contributed by atoms with Crippen molar-refractivity contribution in [2.75, 3.05) is 0 Å². The van der Waals surface area contributed by atoms with E-state index in [1.807, 2.05) is 0 Å². The lowest BCUT2D eigenvalue weighted by Gasteiger charge is -1.98. The monoisotopic (exact) mass is 314 g/mol. The summed E-state index contributed by atoms with van der Waals surface area (Å²) in [5.74, 6) is 0. The molecule has 0 aliphatic heterocycles. The van der Waals surface area contributed by atoms with Crippen molar-refractivity contribution >= 4 is 37.5 Å². The first-order chi connectivity index (χ1) is 8.24. The number of thiophene rings is 1. The number of nitrogens with zero attached hydrogens (tertiary/aromatic N) is 1. The molecule has 0 atom stereocenters. The van der Waals surface area contributed by atoms with Gasteiger partial charge in [-0.3, -0.25) is 4.79 Å². The molecule has 0 saturated carbocycles. The van der Waals surface area contributed by atoms with Gasteiger partial charge in [-0.2, -0.15) is 0 Å². The summed E-state index contributed by atoms with van der Waals surface area (Å²) < 4.78 is 0.934. The van der Waals surface area contributed by atoms with Gasteiger partial charge in [0, 0.05) is 9.35 Å². The lowest BCUT2D eigenvalue weighted by Crippen LogP contribution is -2.04. The highest BCUT2D eigenvalue weighted by Gasteiger charge is 2.13. The Morgan fingerprint density at radius 3 is 2.94 bits per heavy atom. The number of unbranched alkanes of at least 4 members (excludes halogenated alkanes) is 3.